The predicted molar refractivity (Wildman–Crippen MR) is 88.7 cm³/mol. The van der Waals surface area contributed by atoms with Gasteiger partial charge in [-0.1, -0.05) is 18.2 Å². The van der Waals surface area contributed by atoms with Gasteiger partial charge in [0.25, 0.3) is 5.56 Å². The number of nitrogens with two attached hydrogens (primary N) is 1. The van der Waals surface area contributed by atoms with E-state index in [-0.39, 0.29) is 5.56 Å². The van der Waals surface area contributed by atoms with Crippen molar-refractivity contribution in [2.75, 3.05) is 24.7 Å². The number of aromatic nitrogens is 1. The Labute approximate surface area is 122 Å². The maximum Gasteiger partial charge on any atom is 0.256 e. The van der Waals surface area contributed by atoms with Crippen molar-refractivity contribution in [3.05, 3.63) is 58.9 Å². The smallest absolute Gasteiger partial charge is 0.256 e. The van der Waals surface area contributed by atoms with Gasteiger partial charge in [0.15, 0.2) is 0 Å². The summed E-state index contributed by atoms with van der Waals surface area (Å²) in [6, 6.07) is 15.3. The molecule has 3 N–H and O–H groups in total. The number of fused-ring (bicyclic) bond motifs is 1. The Morgan fingerprint density at radius 1 is 1.00 bits per heavy atom. The first-order valence-corrected chi connectivity index (χ1v) is 6.75. The number of hydrogen-bond acceptors (Lipinski definition) is 3. The molecule has 0 aliphatic heterocycles. The number of anilines is 2. The van der Waals surface area contributed by atoms with Crippen LogP contribution in [0.15, 0.2) is 53.3 Å². The van der Waals surface area contributed by atoms with Gasteiger partial charge in [-0.05, 0) is 41.3 Å². The standard InChI is InChI=1S/C17H17N3O/c1-20(2)14-8-5-12-9-16(19-17(21)15(12)10-14)11-3-6-13(18)7-4-11/h3-10H,18H2,1-2H3,(H,19,21). The SMILES string of the molecule is CN(C)c1ccc2cc(-c3ccc(N)cc3)[nH]c(=O)c2c1. The first-order valence-electron chi connectivity index (χ1n) is 6.75. The van der Waals surface area contributed by atoms with Crippen molar-refractivity contribution in [1.82, 2.24) is 4.98 Å². The highest BCUT2D eigenvalue weighted by atomic mass is 16.1. The second-order valence-electron chi connectivity index (χ2n) is 5.30. The van der Waals surface area contributed by atoms with Crippen molar-refractivity contribution in [1.29, 1.82) is 0 Å². The minimum absolute atomic E-state index is 0.0805. The lowest BCUT2D eigenvalue weighted by Crippen LogP contribution is -2.11. The second-order valence-corrected chi connectivity index (χ2v) is 5.30. The zero-order valence-corrected chi connectivity index (χ0v) is 12.1. The third kappa shape index (κ3) is 2.48. The molecule has 4 heteroatoms. The summed E-state index contributed by atoms with van der Waals surface area (Å²) in [6.07, 6.45) is 0. The normalized spacial score (nSPS) is 10.8. The molecule has 0 amide bonds. The van der Waals surface area contributed by atoms with E-state index in [2.05, 4.69) is 4.98 Å². The predicted octanol–water partition coefficient (Wildman–Crippen LogP) is 2.84. The number of rotatable bonds is 2. The maximum absolute atomic E-state index is 12.3. The van der Waals surface area contributed by atoms with E-state index in [1.807, 2.05) is 67.5 Å². The summed E-state index contributed by atoms with van der Waals surface area (Å²) in [7, 11) is 3.91. The quantitative estimate of drug-likeness (QED) is 0.709. The molecule has 0 aliphatic rings. The molecular weight excluding hydrogens is 262 g/mol. The molecule has 106 valence electrons. The number of H-pyrrole nitrogens is 1. The van der Waals surface area contributed by atoms with E-state index >= 15 is 0 Å². The van der Waals surface area contributed by atoms with E-state index in [1.165, 1.54) is 0 Å². The molecule has 0 saturated carbocycles. The molecule has 0 saturated heterocycles. The van der Waals surface area contributed by atoms with Gasteiger partial charge in [-0.3, -0.25) is 4.79 Å². The number of nitrogens with zero attached hydrogens (tertiary/aromatic N) is 1. The first kappa shape index (κ1) is 13.2. The Hall–Kier alpha value is -2.75. The van der Waals surface area contributed by atoms with Gasteiger partial charge >= 0.3 is 0 Å². The largest absolute Gasteiger partial charge is 0.399 e. The van der Waals surface area contributed by atoms with Crippen LogP contribution in [0.5, 0.6) is 0 Å². The van der Waals surface area contributed by atoms with Gasteiger partial charge in [0.1, 0.15) is 0 Å². The number of nitrogens with one attached hydrogen (secondary N) is 1. The molecule has 0 atom stereocenters. The van der Waals surface area contributed by atoms with E-state index in [1.54, 1.807) is 0 Å². The summed E-state index contributed by atoms with van der Waals surface area (Å²) in [6.45, 7) is 0. The fraction of sp³-hybridized carbons (Fsp3) is 0.118. The summed E-state index contributed by atoms with van der Waals surface area (Å²) < 4.78 is 0. The molecule has 3 aromatic rings. The average molecular weight is 279 g/mol. The van der Waals surface area contributed by atoms with Crippen molar-refractivity contribution in [3.63, 3.8) is 0 Å². The van der Waals surface area contributed by atoms with Crippen LogP contribution in [0.2, 0.25) is 0 Å². The lowest BCUT2D eigenvalue weighted by atomic mass is 10.1. The minimum atomic E-state index is -0.0805. The number of benzene rings is 2. The molecule has 1 aromatic heterocycles. The van der Waals surface area contributed by atoms with Crippen LogP contribution < -0.4 is 16.2 Å². The van der Waals surface area contributed by atoms with Gasteiger partial charge in [0, 0.05) is 36.6 Å². The summed E-state index contributed by atoms with van der Waals surface area (Å²) in [4.78, 5) is 17.2. The lowest BCUT2D eigenvalue weighted by Gasteiger charge is -2.13. The first-order chi connectivity index (χ1) is 10.0. The van der Waals surface area contributed by atoms with Crippen LogP contribution in [0, 0.1) is 0 Å². The Kier molecular flexibility index (Phi) is 3.14. The van der Waals surface area contributed by atoms with Gasteiger partial charge < -0.3 is 15.6 Å². The Bertz CT molecular complexity index is 848. The van der Waals surface area contributed by atoms with Crippen LogP contribution in [-0.2, 0) is 0 Å². The van der Waals surface area contributed by atoms with Gasteiger partial charge in [-0.15, -0.1) is 0 Å². The highest BCUT2D eigenvalue weighted by molar-refractivity contribution is 5.88. The van der Waals surface area contributed by atoms with E-state index in [0.29, 0.717) is 11.1 Å². The summed E-state index contributed by atoms with van der Waals surface area (Å²) in [5.74, 6) is 0. The van der Waals surface area contributed by atoms with Crippen molar-refractivity contribution >= 4 is 22.1 Å². The van der Waals surface area contributed by atoms with Crippen molar-refractivity contribution in [2.45, 2.75) is 0 Å². The topological polar surface area (TPSA) is 62.1 Å². The van der Waals surface area contributed by atoms with Crippen molar-refractivity contribution in [3.8, 4) is 11.3 Å². The number of aromatic amines is 1. The van der Waals surface area contributed by atoms with Crippen LogP contribution in [-0.4, -0.2) is 19.1 Å². The van der Waals surface area contributed by atoms with E-state index in [4.69, 9.17) is 5.73 Å². The van der Waals surface area contributed by atoms with Crippen LogP contribution in [0.1, 0.15) is 0 Å². The molecule has 1 heterocycles. The highest BCUT2D eigenvalue weighted by Crippen LogP contribution is 2.23. The summed E-state index contributed by atoms with van der Waals surface area (Å²) >= 11 is 0. The van der Waals surface area contributed by atoms with Gasteiger partial charge in [-0.2, -0.15) is 0 Å². The molecular formula is C17H17N3O. The number of pyridine rings is 1. The van der Waals surface area contributed by atoms with E-state index < -0.39 is 0 Å². The Balaban J connectivity index is 2.18. The van der Waals surface area contributed by atoms with Gasteiger partial charge in [0.2, 0.25) is 0 Å². The zero-order chi connectivity index (χ0) is 15.0. The fourth-order valence-corrected chi connectivity index (χ4v) is 2.34. The van der Waals surface area contributed by atoms with Crippen LogP contribution in [0.3, 0.4) is 0 Å². The molecule has 0 radical (unpaired) electrons. The summed E-state index contributed by atoms with van der Waals surface area (Å²) in [5.41, 5.74) is 9.07. The maximum atomic E-state index is 12.3. The molecule has 0 fully saturated rings. The van der Waals surface area contributed by atoms with Crippen LogP contribution in [0.25, 0.3) is 22.0 Å². The highest BCUT2D eigenvalue weighted by Gasteiger charge is 2.06. The zero-order valence-electron chi connectivity index (χ0n) is 12.1. The molecule has 0 spiro atoms. The van der Waals surface area contributed by atoms with Crippen LogP contribution >= 0.6 is 0 Å². The molecule has 2 aromatic carbocycles. The average Bonchev–Trinajstić information content (AvgIpc) is 2.47. The summed E-state index contributed by atoms with van der Waals surface area (Å²) in [5, 5.41) is 1.62. The van der Waals surface area contributed by atoms with Crippen molar-refractivity contribution in [2.24, 2.45) is 0 Å². The van der Waals surface area contributed by atoms with E-state index in [0.717, 1.165) is 22.3 Å². The fourth-order valence-electron chi connectivity index (χ4n) is 2.34. The third-order valence-electron chi connectivity index (χ3n) is 3.57. The molecule has 21 heavy (non-hydrogen) atoms. The van der Waals surface area contributed by atoms with E-state index in [9.17, 15) is 4.79 Å². The molecule has 0 aliphatic carbocycles. The Morgan fingerprint density at radius 3 is 2.38 bits per heavy atom. The monoisotopic (exact) mass is 279 g/mol. The second kappa shape index (κ2) is 4.98. The number of hydrogen-bond donors (Lipinski definition) is 2. The molecule has 3 rings (SSSR count). The molecule has 0 unspecified atom stereocenters. The lowest BCUT2D eigenvalue weighted by molar-refractivity contribution is 1.13. The van der Waals surface area contributed by atoms with Crippen LogP contribution in [0.4, 0.5) is 11.4 Å². The third-order valence-corrected chi connectivity index (χ3v) is 3.57. The van der Waals surface area contributed by atoms with Crippen molar-refractivity contribution < 1.29 is 0 Å². The minimum Gasteiger partial charge on any atom is -0.399 e. The van der Waals surface area contributed by atoms with Gasteiger partial charge in [0.05, 0.1) is 0 Å². The number of nitrogen functional groups attached to an aromatic ring is 1. The molecule has 0 bridgehead atoms. The van der Waals surface area contributed by atoms with Gasteiger partial charge in [-0.25, -0.2) is 0 Å². The Morgan fingerprint density at radius 2 is 1.71 bits per heavy atom. The molecule has 4 nitrogen and oxygen atoms in total.